The van der Waals surface area contributed by atoms with Gasteiger partial charge >= 0.3 is 5.97 Å². The SMILES string of the molecule is O=C(O)Cc1cc(=O)[nH]c(CCOc2ccccc2)n1. The van der Waals surface area contributed by atoms with Crippen LogP contribution in [0.25, 0.3) is 0 Å². The first kappa shape index (κ1) is 13.8. The maximum absolute atomic E-state index is 11.4. The molecule has 1 aromatic carbocycles. The Morgan fingerprint density at radius 2 is 2.05 bits per heavy atom. The number of carboxylic acid groups (broad SMARTS) is 1. The lowest BCUT2D eigenvalue weighted by molar-refractivity contribution is -0.136. The predicted molar refractivity (Wildman–Crippen MR) is 71.8 cm³/mol. The second-order valence-corrected chi connectivity index (χ2v) is 4.17. The van der Waals surface area contributed by atoms with Crippen LogP contribution in [-0.2, 0) is 17.6 Å². The second-order valence-electron chi connectivity index (χ2n) is 4.17. The van der Waals surface area contributed by atoms with Crippen molar-refractivity contribution < 1.29 is 14.6 Å². The van der Waals surface area contributed by atoms with Crippen LogP contribution in [0.1, 0.15) is 11.5 Å². The summed E-state index contributed by atoms with van der Waals surface area (Å²) in [4.78, 5) is 28.7. The summed E-state index contributed by atoms with van der Waals surface area (Å²) in [6.07, 6.45) is 0.133. The number of rotatable bonds is 6. The molecule has 0 aliphatic rings. The van der Waals surface area contributed by atoms with Gasteiger partial charge in [0.15, 0.2) is 0 Å². The first-order valence-electron chi connectivity index (χ1n) is 6.12. The van der Waals surface area contributed by atoms with Crippen molar-refractivity contribution in [3.8, 4) is 5.75 Å². The highest BCUT2D eigenvalue weighted by atomic mass is 16.5. The van der Waals surface area contributed by atoms with Gasteiger partial charge in [-0.05, 0) is 12.1 Å². The van der Waals surface area contributed by atoms with Gasteiger partial charge in [-0.25, -0.2) is 4.98 Å². The van der Waals surface area contributed by atoms with Gasteiger partial charge in [0.2, 0.25) is 0 Å². The van der Waals surface area contributed by atoms with Crippen LogP contribution < -0.4 is 10.3 Å². The molecule has 6 heteroatoms. The summed E-state index contributed by atoms with van der Waals surface area (Å²) in [5.41, 5.74) is -0.109. The van der Waals surface area contributed by atoms with Crippen molar-refractivity contribution in [2.45, 2.75) is 12.8 Å². The molecule has 0 bridgehead atoms. The summed E-state index contributed by atoms with van der Waals surface area (Å²) in [7, 11) is 0. The fraction of sp³-hybridized carbons (Fsp3) is 0.214. The molecular weight excluding hydrogens is 260 g/mol. The normalized spacial score (nSPS) is 10.2. The van der Waals surface area contributed by atoms with E-state index in [-0.39, 0.29) is 17.7 Å². The number of hydrogen-bond acceptors (Lipinski definition) is 4. The van der Waals surface area contributed by atoms with E-state index < -0.39 is 5.97 Å². The van der Waals surface area contributed by atoms with E-state index in [4.69, 9.17) is 9.84 Å². The molecule has 104 valence electrons. The summed E-state index contributed by atoms with van der Waals surface area (Å²) in [6.45, 7) is 0.351. The van der Waals surface area contributed by atoms with Crippen molar-refractivity contribution in [1.29, 1.82) is 0 Å². The Kier molecular flexibility index (Phi) is 4.49. The van der Waals surface area contributed by atoms with Gasteiger partial charge in [-0.3, -0.25) is 9.59 Å². The van der Waals surface area contributed by atoms with Crippen molar-refractivity contribution in [3.05, 3.63) is 58.3 Å². The molecule has 2 rings (SSSR count). The van der Waals surface area contributed by atoms with Crippen molar-refractivity contribution in [1.82, 2.24) is 9.97 Å². The third-order valence-corrected chi connectivity index (χ3v) is 2.53. The highest BCUT2D eigenvalue weighted by molar-refractivity contribution is 5.69. The van der Waals surface area contributed by atoms with Gasteiger partial charge in [0.05, 0.1) is 18.7 Å². The van der Waals surface area contributed by atoms with E-state index in [2.05, 4.69) is 9.97 Å². The lowest BCUT2D eigenvalue weighted by atomic mass is 10.3. The number of hydrogen-bond donors (Lipinski definition) is 2. The molecule has 0 radical (unpaired) electrons. The standard InChI is InChI=1S/C14H14N2O4/c17-13-8-10(9-14(18)19)15-12(16-13)6-7-20-11-4-2-1-3-5-11/h1-5,8H,6-7,9H2,(H,18,19)(H,15,16,17). The average Bonchev–Trinajstić information content (AvgIpc) is 2.38. The van der Waals surface area contributed by atoms with Gasteiger partial charge < -0.3 is 14.8 Å². The van der Waals surface area contributed by atoms with Gasteiger partial charge in [-0.1, -0.05) is 18.2 Å². The molecule has 0 saturated carbocycles. The lowest BCUT2D eigenvalue weighted by Crippen LogP contribution is -2.16. The largest absolute Gasteiger partial charge is 0.493 e. The van der Waals surface area contributed by atoms with Crippen LogP contribution in [0, 0.1) is 0 Å². The van der Waals surface area contributed by atoms with Crippen LogP contribution >= 0.6 is 0 Å². The van der Waals surface area contributed by atoms with Crippen molar-refractivity contribution in [3.63, 3.8) is 0 Å². The zero-order chi connectivity index (χ0) is 14.4. The molecule has 6 nitrogen and oxygen atoms in total. The molecule has 0 aliphatic carbocycles. The minimum atomic E-state index is -1.02. The van der Waals surface area contributed by atoms with E-state index in [1.165, 1.54) is 6.07 Å². The number of aliphatic carboxylic acids is 1. The number of ether oxygens (including phenoxy) is 1. The summed E-state index contributed by atoms with van der Waals surface area (Å²) in [5, 5.41) is 8.70. The Labute approximate surface area is 115 Å². The minimum absolute atomic E-state index is 0.246. The zero-order valence-corrected chi connectivity index (χ0v) is 10.7. The minimum Gasteiger partial charge on any atom is -0.493 e. The van der Waals surface area contributed by atoms with E-state index in [0.29, 0.717) is 18.9 Å². The third kappa shape index (κ3) is 4.24. The molecule has 0 spiro atoms. The van der Waals surface area contributed by atoms with Gasteiger partial charge in [0.1, 0.15) is 11.6 Å². The highest BCUT2D eigenvalue weighted by Crippen LogP contribution is 2.08. The Balaban J connectivity index is 1.97. The van der Waals surface area contributed by atoms with Gasteiger partial charge in [-0.15, -0.1) is 0 Å². The molecular formula is C14H14N2O4. The Hall–Kier alpha value is -2.63. The summed E-state index contributed by atoms with van der Waals surface area (Å²) >= 11 is 0. The number of para-hydroxylation sites is 1. The topological polar surface area (TPSA) is 92.3 Å². The highest BCUT2D eigenvalue weighted by Gasteiger charge is 2.06. The third-order valence-electron chi connectivity index (χ3n) is 2.53. The number of nitrogens with zero attached hydrogens (tertiary/aromatic N) is 1. The molecule has 20 heavy (non-hydrogen) atoms. The Bertz CT molecular complexity index is 637. The fourth-order valence-corrected chi connectivity index (χ4v) is 1.71. The van der Waals surface area contributed by atoms with E-state index in [0.717, 1.165) is 5.75 Å². The maximum Gasteiger partial charge on any atom is 0.309 e. The van der Waals surface area contributed by atoms with E-state index in [1.54, 1.807) is 0 Å². The molecule has 0 saturated heterocycles. The number of aromatic nitrogens is 2. The van der Waals surface area contributed by atoms with Crippen LogP contribution in [0.4, 0.5) is 0 Å². The molecule has 2 aromatic rings. The molecule has 0 aliphatic heterocycles. The number of H-pyrrole nitrogens is 1. The molecule has 0 amide bonds. The molecule has 1 aromatic heterocycles. The van der Waals surface area contributed by atoms with Crippen LogP contribution in [0.2, 0.25) is 0 Å². The number of benzene rings is 1. The second kappa shape index (κ2) is 6.51. The Morgan fingerprint density at radius 1 is 1.30 bits per heavy atom. The number of aromatic amines is 1. The molecule has 1 heterocycles. The quantitative estimate of drug-likeness (QED) is 0.820. The van der Waals surface area contributed by atoms with E-state index in [9.17, 15) is 9.59 Å². The lowest BCUT2D eigenvalue weighted by Gasteiger charge is -2.06. The molecule has 0 atom stereocenters. The van der Waals surface area contributed by atoms with Crippen LogP contribution in [-0.4, -0.2) is 27.7 Å². The molecule has 0 unspecified atom stereocenters. The maximum atomic E-state index is 11.4. The monoisotopic (exact) mass is 274 g/mol. The van der Waals surface area contributed by atoms with Gasteiger partial charge in [-0.2, -0.15) is 0 Å². The summed E-state index contributed by atoms with van der Waals surface area (Å²) < 4.78 is 5.49. The summed E-state index contributed by atoms with van der Waals surface area (Å²) in [6, 6.07) is 10.5. The number of carboxylic acids is 1. The Morgan fingerprint density at radius 3 is 2.75 bits per heavy atom. The van der Waals surface area contributed by atoms with Crippen molar-refractivity contribution in [2.75, 3.05) is 6.61 Å². The first-order valence-corrected chi connectivity index (χ1v) is 6.12. The van der Waals surface area contributed by atoms with Crippen molar-refractivity contribution >= 4 is 5.97 Å². The van der Waals surface area contributed by atoms with Crippen LogP contribution in [0.15, 0.2) is 41.2 Å². The smallest absolute Gasteiger partial charge is 0.309 e. The van der Waals surface area contributed by atoms with E-state index >= 15 is 0 Å². The number of nitrogens with one attached hydrogen (secondary N) is 1. The van der Waals surface area contributed by atoms with E-state index in [1.807, 2.05) is 30.3 Å². The number of carbonyl (C=O) groups is 1. The van der Waals surface area contributed by atoms with Crippen LogP contribution in [0.5, 0.6) is 5.75 Å². The first-order chi connectivity index (χ1) is 9.63. The predicted octanol–water partition coefficient (Wildman–Crippen LogP) is 1.02. The summed E-state index contributed by atoms with van der Waals surface area (Å²) in [5.74, 6) is 0.135. The zero-order valence-electron chi connectivity index (χ0n) is 10.7. The van der Waals surface area contributed by atoms with Gasteiger partial charge in [0.25, 0.3) is 5.56 Å². The van der Waals surface area contributed by atoms with Crippen molar-refractivity contribution in [2.24, 2.45) is 0 Å². The van der Waals surface area contributed by atoms with Gasteiger partial charge in [0, 0.05) is 12.5 Å². The fourth-order valence-electron chi connectivity index (χ4n) is 1.71. The average molecular weight is 274 g/mol. The molecule has 2 N–H and O–H groups in total. The van der Waals surface area contributed by atoms with Crippen LogP contribution in [0.3, 0.4) is 0 Å². The molecule has 0 fully saturated rings.